The second-order valence-corrected chi connectivity index (χ2v) is 8.16. The molecule has 4 heterocycles. The lowest BCUT2D eigenvalue weighted by molar-refractivity contribution is -0.135. The van der Waals surface area contributed by atoms with Crippen LogP contribution in [-0.2, 0) is 18.4 Å². The normalized spacial score (nSPS) is 23.2. The van der Waals surface area contributed by atoms with Gasteiger partial charge in [-0.05, 0) is 31.9 Å². The van der Waals surface area contributed by atoms with Crippen LogP contribution in [0.5, 0.6) is 0 Å². The zero-order valence-corrected chi connectivity index (χ0v) is 15.4. The maximum absolute atomic E-state index is 13.0. The average molecular weight is 358 g/mol. The second-order valence-electron chi connectivity index (χ2n) is 7.10. The molecule has 2 amide bonds. The molecule has 0 saturated carbocycles. The second kappa shape index (κ2) is 5.98. The molecular weight excluding hydrogens is 336 g/mol. The Morgan fingerprint density at radius 1 is 1.36 bits per heavy atom. The van der Waals surface area contributed by atoms with Crippen molar-refractivity contribution in [3.8, 4) is 0 Å². The number of likely N-dealkylation sites (tertiary alicyclic amines) is 2. The molecule has 2 aliphatic heterocycles. The number of hydrogen-bond acceptors (Lipinski definition) is 4. The Hall–Kier alpha value is -2.15. The molecule has 0 aliphatic carbocycles. The molecule has 0 radical (unpaired) electrons. The zero-order valence-electron chi connectivity index (χ0n) is 14.6. The van der Waals surface area contributed by atoms with Crippen LogP contribution < -0.4 is 0 Å². The van der Waals surface area contributed by atoms with E-state index in [0.29, 0.717) is 25.3 Å². The molecule has 25 heavy (non-hydrogen) atoms. The van der Waals surface area contributed by atoms with Gasteiger partial charge in [0.05, 0.1) is 22.7 Å². The van der Waals surface area contributed by atoms with E-state index in [2.05, 4.69) is 4.98 Å². The van der Waals surface area contributed by atoms with Gasteiger partial charge in [-0.2, -0.15) is 0 Å². The van der Waals surface area contributed by atoms with Gasteiger partial charge >= 0.3 is 0 Å². The summed E-state index contributed by atoms with van der Waals surface area (Å²) in [5.41, 5.74) is 1.24. The molecular formula is C18H22N4O2S. The summed E-state index contributed by atoms with van der Waals surface area (Å²) in [4.78, 5) is 34.0. The molecule has 1 atom stereocenters. The van der Waals surface area contributed by atoms with Crippen molar-refractivity contribution in [2.75, 3.05) is 19.6 Å². The lowest BCUT2D eigenvalue weighted by Gasteiger charge is -2.23. The largest absolute Gasteiger partial charge is 0.347 e. The number of carbonyl (C=O) groups excluding carboxylic acids is 2. The fourth-order valence-corrected chi connectivity index (χ4v) is 4.59. The minimum Gasteiger partial charge on any atom is -0.347 e. The molecule has 0 N–H and O–H groups in total. The number of amides is 2. The van der Waals surface area contributed by atoms with Crippen molar-refractivity contribution >= 4 is 23.2 Å². The highest BCUT2D eigenvalue weighted by molar-refractivity contribution is 7.09. The number of aromatic nitrogens is 2. The summed E-state index contributed by atoms with van der Waals surface area (Å²) in [6, 6.07) is 3.71. The first-order chi connectivity index (χ1) is 12.0. The number of thiazole rings is 1. The number of carbonyl (C=O) groups is 2. The lowest BCUT2D eigenvalue weighted by Crippen LogP contribution is -2.38. The number of rotatable bonds is 3. The van der Waals surface area contributed by atoms with Crippen LogP contribution in [-0.4, -0.2) is 50.8 Å². The van der Waals surface area contributed by atoms with E-state index in [4.69, 9.17) is 0 Å². The van der Waals surface area contributed by atoms with Crippen LogP contribution in [0.25, 0.3) is 0 Å². The van der Waals surface area contributed by atoms with Gasteiger partial charge in [0.2, 0.25) is 5.91 Å². The van der Waals surface area contributed by atoms with Crippen LogP contribution in [0, 0.1) is 12.3 Å². The average Bonchev–Trinajstić information content (AvgIpc) is 3.34. The SMILES string of the molecule is Cc1nc(CN2CCC3(CCN(C(=O)c4cccn4C)C3)C2=O)cs1. The fourth-order valence-electron chi connectivity index (χ4n) is 3.99. The van der Waals surface area contributed by atoms with Crippen molar-refractivity contribution in [3.63, 3.8) is 0 Å². The smallest absolute Gasteiger partial charge is 0.270 e. The highest BCUT2D eigenvalue weighted by atomic mass is 32.1. The van der Waals surface area contributed by atoms with Crippen LogP contribution in [0.1, 0.15) is 34.0 Å². The molecule has 2 aromatic rings. The first-order valence-electron chi connectivity index (χ1n) is 8.59. The Morgan fingerprint density at radius 3 is 2.84 bits per heavy atom. The van der Waals surface area contributed by atoms with Crippen molar-refractivity contribution in [2.24, 2.45) is 12.5 Å². The maximum Gasteiger partial charge on any atom is 0.270 e. The van der Waals surface area contributed by atoms with Crippen LogP contribution in [0.2, 0.25) is 0 Å². The minimum absolute atomic E-state index is 0.0192. The lowest BCUT2D eigenvalue weighted by atomic mass is 9.85. The van der Waals surface area contributed by atoms with Gasteiger partial charge in [-0.15, -0.1) is 11.3 Å². The van der Waals surface area contributed by atoms with Crippen molar-refractivity contribution < 1.29 is 9.59 Å². The summed E-state index contributed by atoms with van der Waals surface area (Å²) in [5, 5.41) is 3.05. The molecule has 7 heteroatoms. The first kappa shape index (κ1) is 16.3. The molecule has 1 spiro atoms. The zero-order chi connectivity index (χ0) is 17.6. The van der Waals surface area contributed by atoms with E-state index in [9.17, 15) is 9.59 Å². The van der Waals surface area contributed by atoms with Crippen molar-refractivity contribution in [2.45, 2.75) is 26.3 Å². The summed E-state index contributed by atoms with van der Waals surface area (Å²) >= 11 is 1.61. The molecule has 2 aromatic heterocycles. The highest BCUT2D eigenvalue weighted by Crippen LogP contribution is 2.41. The van der Waals surface area contributed by atoms with Crippen LogP contribution >= 0.6 is 11.3 Å². The van der Waals surface area contributed by atoms with E-state index in [1.807, 2.05) is 52.0 Å². The number of aryl methyl sites for hydroxylation is 2. The Morgan fingerprint density at radius 2 is 2.16 bits per heavy atom. The number of nitrogens with zero attached hydrogens (tertiary/aromatic N) is 4. The van der Waals surface area contributed by atoms with Gasteiger partial charge in [-0.1, -0.05) is 0 Å². The molecule has 2 fully saturated rings. The summed E-state index contributed by atoms with van der Waals surface area (Å²) in [6.07, 6.45) is 3.46. The van der Waals surface area contributed by atoms with Gasteiger partial charge in [0.25, 0.3) is 5.91 Å². The van der Waals surface area contributed by atoms with Crippen LogP contribution in [0.15, 0.2) is 23.7 Å². The maximum atomic E-state index is 13.0. The molecule has 6 nitrogen and oxygen atoms in total. The van der Waals surface area contributed by atoms with Crippen molar-refractivity contribution in [3.05, 3.63) is 40.1 Å². The molecule has 2 saturated heterocycles. The molecule has 4 rings (SSSR count). The third-order valence-electron chi connectivity index (χ3n) is 5.42. The van der Waals surface area contributed by atoms with Crippen molar-refractivity contribution in [1.82, 2.24) is 19.4 Å². The van der Waals surface area contributed by atoms with Crippen LogP contribution in [0.4, 0.5) is 0 Å². The monoisotopic (exact) mass is 358 g/mol. The van der Waals surface area contributed by atoms with Gasteiger partial charge in [-0.3, -0.25) is 9.59 Å². The van der Waals surface area contributed by atoms with E-state index in [1.54, 1.807) is 11.3 Å². The van der Waals surface area contributed by atoms with E-state index < -0.39 is 5.41 Å². The third kappa shape index (κ3) is 2.76. The summed E-state index contributed by atoms with van der Waals surface area (Å²) in [6.45, 7) is 4.49. The Labute approximate surface area is 151 Å². The summed E-state index contributed by atoms with van der Waals surface area (Å²) in [5.74, 6) is 0.200. The van der Waals surface area contributed by atoms with Gasteiger partial charge in [0.15, 0.2) is 0 Å². The van der Waals surface area contributed by atoms with Gasteiger partial charge in [-0.25, -0.2) is 4.98 Å². The van der Waals surface area contributed by atoms with Crippen molar-refractivity contribution in [1.29, 1.82) is 0 Å². The molecule has 132 valence electrons. The van der Waals surface area contributed by atoms with Gasteiger partial charge < -0.3 is 14.4 Å². The van der Waals surface area contributed by atoms with E-state index in [1.165, 1.54) is 0 Å². The van der Waals surface area contributed by atoms with E-state index >= 15 is 0 Å². The predicted molar refractivity (Wildman–Crippen MR) is 95.3 cm³/mol. The van der Waals surface area contributed by atoms with E-state index in [-0.39, 0.29) is 11.8 Å². The molecule has 1 unspecified atom stereocenters. The molecule has 2 aliphatic rings. The van der Waals surface area contributed by atoms with E-state index in [0.717, 1.165) is 30.1 Å². The number of hydrogen-bond donors (Lipinski definition) is 0. The van der Waals surface area contributed by atoms with Gasteiger partial charge in [0.1, 0.15) is 5.69 Å². The predicted octanol–water partition coefficient (Wildman–Crippen LogP) is 2.05. The summed E-state index contributed by atoms with van der Waals surface area (Å²) < 4.78 is 1.83. The van der Waals surface area contributed by atoms with Crippen LogP contribution in [0.3, 0.4) is 0 Å². The third-order valence-corrected chi connectivity index (χ3v) is 6.25. The Kier molecular flexibility index (Phi) is 3.91. The summed E-state index contributed by atoms with van der Waals surface area (Å²) in [7, 11) is 1.87. The molecule has 0 bridgehead atoms. The first-order valence-corrected chi connectivity index (χ1v) is 9.47. The fraction of sp³-hybridized carbons (Fsp3) is 0.500. The Bertz CT molecular complexity index is 827. The Balaban J connectivity index is 1.46. The minimum atomic E-state index is -0.397. The topological polar surface area (TPSA) is 58.4 Å². The highest BCUT2D eigenvalue weighted by Gasteiger charge is 2.51. The standard InChI is InChI=1S/C18H22N4O2S/c1-13-19-14(11-25-13)10-21-8-5-18(17(21)24)6-9-22(12-18)16(23)15-4-3-7-20(15)2/h3-4,7,11H,5-6,8-10,12H2,1-2H3. The quantitative estimate of drug-likeness (QED) is 0.844. The molecule has 0 aromatic carbocycles. The van der Waals surface area contributed by atoms with Gasteiger partial charge in [0, 0.05) is 38.3 Å².